The number of carbonyl (C=O) groups is 2. The Morgan fingerprint density at radius 3 is 2.23 bits per heavy atom. The fraction of sp³-hybridized carbons (Fsp3) is 0.200. The molecule has 6 heteroatoms. The first-order valence-electron chi connectivity index (χ1n) is 8.42. The highest BCUT2D eigenvalue weighted by Crippen LogP contribution is 2.22. The molecule has 0 radical (unpaired) electrons. The minimum Gasteiger partial charge on any atom is -0.494 e. The van der Waals surface area contributed by atoms with Gasteiger partial charge in [0.25, 0.3) is 11.8 Å². The fourth-order valence-electron chi connectivity index (χ4n) is 2.73. The molecule has 0 bridgehead atoms. The highest BCUT2D eigenvalue weighted by Gasteiger charge is 2.12. The molecule has 0 saturated heterocycles. The van der Waals surface area contributed by atoms with Crippen LogP contribution in [-0.4, -0.2) is 23.4 Å². The number of aromatic amines is 1. The number of aromatic nitrogens is 1. The van der Waals surface area contributed by atoms with Crippen LogP contribution in [0.2, 0.25) is 0 Å². The van der Waals surface area contributed by atoms with Crippen molar-refractivity contribution in [1.82, 2.24) is 15.8 Å². The van der Waals surface area contributed by atoms with E-state index in [9.17, 15) is 9.59 Å². The number of fused-ring (bicyclic) bond motifs is 1. The number of ether oxygens (including phenoxy) is 1. The Labute approximate surface area is 151 Å². The maximum absolute atomic E-state index is 12.3. The lowest BCUT2D eigenvalue weighted by Crippen LogP contribution is -2.41. The largest absolute Gasteiger partial charge is 0.494 e. The summed E-state index contributed by atoms with van der Waals surface area (Å²) in [5.74, 6) is -0.0702. The molecule has 1 aromatic heterocycles. The van der Waals surface area contributed by atoms with E-state index in [0.29, 0.717) is 23.5 Å². The van der Waals surface area contributed by atoms with Crippen molar-refractivity contribution in [3.8, 4) is 5.75 Å². The van der Waals surface area contributed by atoms with Crippen molar-refractivity contribution < 1.29 is 14.3 Å². The van der Waals surface area contributed by atoms with Crippen LogP contribution in [0, 0.1) is 13.8 Å². The smallest absolute Gasteiger partial charge is 0.269 e. The molecule has 26 heavy (non-hydrogen) atoms. The molecule has 0 saturated carbocycles. The quantitative estimate of drug-likeness (QED) is 0.631. The van der Waals surface area contributed by atoms with Gasteiger partial charge in [-0.15, -0.1) is 0 Å². The van der Waals surface area contributed by atoms with Crippen molar-refractivity contribution in [3.63, 3.8) is 0 Å². The van der Waals surface area contributed by atoms with Gasteiger partial charge in [-0.3, -0.25) is 20.4 Å². The van der Waals surface area contributed by atoms with Crippen LogP contribution in [0.25, 0.3) is 10.9 Å². The number of rotatable bonds is 4. The molecule has 0 atom stereocenters. The van der Waals surface area contributed by atoms with Crippen molar-refractivity contribution in [2.75, 3.05) is 6.61 Å². The van der Waals surface area contributed by atoms with Crippen molar-refractivity contribution in [1.29, 1.82) is 0 Å². The Kier molecular flexibility index (Phi) is 4.93. The van der Waals surface area contributed by atoms with Gasteiger partial charge in [-0.2, -0.15) is 0 Å². The second-order valence-electron chi connectivity index (χ2n) is 6.00. The topological polar surface area (TPSA) is 83.2 Å². The summed E-state index contributed by atoms with van der Waals surface area (Å²) in [5, 5.41) is 0.994. The Hall–Kier alpha value is -3.28. The third kappa shape index (κ3) is 3.54. The van der Waals surface area contributed by atoms with Crippen molar-refractivity contribution in [2.24, 2.45) is 0 Å². The summed E-state index contributed by atoms with van der Waals surface area (Å²) < 4.78 is 5.34. The number of amides is 2. The molecule has 0 unspecified atom stereocenters. The lowest BCUT2D eigenvalue weighted by atomic mass is 10.1. The highest BCUT2D eigenvalue weighted by atomic mass is 16.5. The molecule has 6 nitrogen and oxygen atoms in total. The maximum Gasteiger partial charge on any atom is 0.269 e. The van der Waals surface area contributed by atoms with Crippen LogP contribution < -0.4 is 15.6 Å². The predicted octanol–water partition coefficient (Wildman–Crippen LogP) is 3.26. The van der Waals surface area contributed by atoms with Crippen LogP contribution in [0.5, 0.6) is 5.75 Å². The van der Waals surface area contributed by atoms with Gasteiger partial charge in [0, 0.05) is 27.7 Å². The lowest BCUT2D eigenvalue weighted by molar-refractivity contribution is 0.0846. The van der Waals surface area contributed by atoms with Gasteiger partial charge in [0.1, 0.15) is 5.75 Å². The van der Waals surface area contributed by atoms with E-state index in [1.807, 2.05) is 32.9 Å². The van der Waals surface area contributed by atoms with E-state index >= 15 is 0 Å². The Morgan fingerprint density at radius 1 is 0.962 bits per heavy atom. The van der Waals surface area contributed by atoms with Crippen molar-refractivity contribution in [2.45, 2.75) is 20.8 Å². The van der Waals surface area contributed by atoms with E-state index in [2.05, 4.69) is 15.8 Å². The molecule has 2 amide bonds. The number of H-pyrrole nitrogens is 1. The normalized spacial score (nSPS) is 10.6. The SMILES string of the molecule is CCOc1ccc(C(=O)NNC(=O)c2ccc3[nH]c(C)c(C)c3c2)cc1. The lowest BCUT2D eigenvalue weighted by Gasteiger charge is -2.08. The monoisotopic (exact) mass is 351 g/mol. The maximum atomic E-state index is 12.3. The summed E-state index contributed by atoms with van der Waals surface area (Å²) in [7, 11) is 0. The van der Waals surface area contributed by atoms with E-state index in [4.69, 9.17) is 4.74 Å². The van der Waals surface area contributed by atoms with E-state index in [-0.39, 0.29) is 5.91 Å². The molecule has 1 heterocycles. The second-order valence-corrected chi connectivity index (χ2v) is 6.00. The Balaban J connectivity index is 1.66. The molecule has 3 rings (SSSR count). The van der Waals surface area contributed by atoms with Gasteiger partial charge in [0.15, 0.2) is 0 Å². The predicted molar refractivity (Wildman–Crippen MR) is 100 cm³/mol. The molecular formula is C20H21N3O3. The number of hydrogen-bond donors (Lipinski definition) is 3. The van der Waals surface area contributed by atoms with E-state index in [1.54, 1.807) is 30.3 Å². The number of hydrazine groups is 1. The first-order valence-corrected chi connectivity index (χ1v) is 8.42. The molecule has 0 aliphatic rings. The zero-order valence-electron chi connectivity index (χ0n) is 15.0. The third-order valence-corrected chi connectivity index (χ3v) is 4.29. The van der Waals surface area contributed by atoms with E-state index in [1.165, 1.54) is 0 Å². The zero-order chi connectivity index (χ0) is 18.7. The van der Waals surface area contributed by atoms with Crippen LogP contribution in [0.15, 0.2) is 42.5 Å². The minimum atomic E-state index is -0.392. The van der Waals surface area contributed by atoms with Crippen LogP contribution in [-0.2, 0) is 0 Å². The number of carbonyl (C=O) groups excluding carboxylic acids is 2. The summed E-state index contributed by atoms with van der Waals surface area (Å²) >= 11 is 0. The summed E-state index contributed by atoms with van der Waals surface area (Å²) in [6.45, 7) is 6.45. The summed E-state index contributed by atoms with van der Waals surface area (Å²) in [4.78, 5) is 27.7. The molecular weight excluding hydrogens is 330 g/mol. The van der Waals surface area contributed by atoms with Gasteiger partial charge >= 0.3 is 0 Å². The molecule has 3 N–H and O–H groups in total. The fourth-order valence-corrected chi connectivity index (χ4v) is 2.73. The number of hydrogen-bond acceptors (Lipinski definition) is 3. The van der Waals surface area contributed by atoms with Crippen molar-refractivity contribution >= 4 is 22.7 Å². The first kappa shape index (κ1) is 17.5. The molecule has 2 aromatic carbocycles. The van der Waals surface area contributed by atoms with Gasteiger partial charge in [-0.25, -0.2) is 0 Å². The Morgan fingerprint density at radius 2 is 1.58 bits per heavy atom. The van der Waals surface area contributed by atoms with Crippen LogP contribution in [0.3, 0.4) is 0 Å². The second kappa shape index (κ2) is 7.31. The van der Waals surface area contributed by atoms with Crippen LogP contribution in [0.1, 0.15) is 38.9 Å². The number of nitrogens with one attached hydrogen (secondary N) is 3. The minimum absolute atomic E-state index is 0.371. The van der Waals surface area contributed by atoms with Crippen molar-refractivity contribution in [3.05, 3.63) is 64.8 Å². The van der Waals surface area contributed by atoms with Crippen LogP contribution >= 0.6 is 0 Å². The van der Waals surface area contributed by atoms with E-state index in [0.717, 1.165) is 22.2 Å². The van der Waals surface area contributed by atoms with Crippen LogP contribution in [0.4, 0.5) is 0 Å². The average molecular weight is 351 g/mol. The molecule has 0 spiro atoms. The molecule has 3 aromatic rings. The standard InChI is InChI=1S/C20H21N3O3/c1-4-26-16-8-5-14(6-9-16)19(24)22-23-20(25)15-7-10-18-17(11-15)12(2)13(3)21-18/h5-11,21H,4H2,1-3H3,(H,22,24)(H,23,25). The molecule has 0 fully saturated rings. The van der Waals surface area contributed by atoms with Gasteiger partial charge in [-0.1, -0.05) is 0 Å². The number of aryl methyl sites for hydroxylation is 2. The summed E-state index contributed by atoms with van der Waals surface area (Å²) in [6, 6.07) is 12.1. The van der Waals surface area contributed by atoms with Gasteiger partial charge in [-0.05, 0) is 68.8 Å². The van der Waals surface area contributed by atoms with Gasteiger partial charge in [0.05, 0.1) is 6.61 Å². The molecule has 0 aliphatic carbocycles. The zero-order valence-corrected chi connectivity index (χ0v) is 15.0. The Bertz CT molecular complexity index is 958. The number of benzene rings is 2. The molecule has 0 aliphatic heterocycles. The van der Waals surface area contributed by atoms with Gasteiger partial charge in [0.2, 0.25) is 0 Å². The molecule has 134 valence electrons. The van der Waals surface area contributed by atoms with Gasteiger partial charge < -0.3 is 9.72 Å². The summed E-state index contributed by atoms with van der Waals surface area (Å²) in [5.41, 5.74) is 8.94. The van der Waals surface area contributed by atoms with E-state index < -0.39 is 5.91 Å². The first-order chi connectivity index (χ1) is 12.5. The third-order valence-electron chi connectivity index (χ3n) is 4.29. The highest BCUT2D eigenvalue weighted by molar-refractivity contribution is 6.01. The summed E-state index contributed by atoms with van der Waals surface area (Å²) in [6.07, 6.45) is 0. The average Bonchev–Trinajstić information content (AvgIpc) is 2.94.